The van der Waals surface area contributed by atoms with Gasteiger partial charge in [0, 0.05) is 6.07 Å². The molecular formula is C15H12BrClFNO4. The van der Waals surface area contributed by atoms with Crippen LogP contribution in [0.1, 0.15) is 6.92 Å². The molecule has 2 rings (SSSR count). The van der Waals surface area contributed by atoms with Gasteiger partial charge in [0.2, 0.25) is 5.88 Å². The van der Waals surface area contributed by atoms with Gasteiger partial charge in [0.15, 0.2) is 23.9 Å². The molecular weight excluding hydrogens is 393 g/mol. The SMILES string of the molecule is CCOC(=O)COc1ccccc1Oc1nc(Br)c(F)cc1Cl. The van der Waals surface area contributed by atoms with E-state index in [1.54, 1.807) is 31.2 Å². The van der Waals surface area contributed by atoms with E-state index < -0.39 is 11.8 Å². The van der Waals surface area contributed by atoms with E-state index in [9.17, 15) is 9.18 Å². The number of pyridine rings is 1. The predicted octanol–water partition coefficient (Wildman–Crippen LogP) is 4.37. The smallest absolute Gasteiger partial charge is 0.344 e. The highest BCUT2D eigenvalue weighted by Crippen LogP contribution is 2.35. The monoisotopic (exact) mass is 403 g/mol. The molecule has 0 saturated heterocycles. The molecule has 5 nitrogen and oxygen atoms in total. The lowest BCUT2D eigenvalue weighted by atomic mass is 10.3. The van der Waals surface area contributed by atoms with Gasteiger partial charge in [-0.3, -0.25) is 0 Å². The van der Waals surface area contributed by atoms with Gasteiger partial charge in [-0.05, 0) is 35.0 Å². The van der Waals surface area contributed by atoms with Crippen LogP contribution >= 0.6 is 27.5 Å². The number of aromatic nitrogens is 1. The third kappa shape index (κ3) is 4.80. The second kappa shape index (κ2) is 8.12. The van der Waals surface area contributed by atoms with Crippen molar-refractivity contribution in [3.05, 3.63) is 45.8 Å². The standard InChI is InChI=1S/C15H12BrClFNO4/c1-2-21-13(20)8-22-11-5-3-4-6-12(11)23-15-9(17)7-10(18)14(16)19-15/h3-7H,2,8H2,1H3. The van der Waals surface area contributed by atoms with E-state index in [2.05, 4.69) is 20.9 Å². The Morgan fingerprint density at radius 2 is 2.04 bits per heavy atom. The van der Waals surface area contributed by atoms with Gasteiger partial charge in [0.25, 0.3) is 0 Å². The van der Waals surface area contributed by atoms with Crippen molar-refractivity contribution in [2.45, 2.75) is 6.92 Å². The van der Waals surface area contributed by atoms with E-state index in [0.717, 1.165) is 6.07 Å². The summed E-state index contributed by atoms with van der Waals surface area (Å²) in [6.07, 6.45) is 0. The molecule has 1 aromatic carbocycles. The normalized spacial score (nSPS) is 10.3. The maximum atomic E-state index is 13.3. The Morgan fingerprint density at radius 1 is 1.35 bits per heavy atom. The van der Waals surface area contributed by atoms with Crippen molar-refractivity contribution in [1.82, 2.24) is 4.98 Å². The lowest BCUT2D eigenvalue weighted by Gasteiger charge is -2.12. The van der Waals surface area contributed by atoms with Gasteiger partial charge in [-0.2, -0.15) is 0 Å². The maximum Gasteiger partial charge on any atom is 0.344 e. The lowest BCUT2D eigenvalue weighted by molar-refractivity contribution is -0.145. The molecule has 8 heteroatoms. The van der Waals surface area contributed by atoms with E-state index in [-0.39, 0.29) is 34.5 Å². The number of hydrogen-bond acceptors (Lipinski definition) is 5. The van der Waals surface area contributed by atoms with Crippen molar-refractivity contribution in [3.8, 4) is 17.4 Å². The Kier molecular flexibility index (Phi) is 6.18. The number of halogens is 3. The van der Waals surface area contributed by atoms with Crippen LogP contribution in [-0.4, -0.2) is 24.2 Å². The van der Waals surface area contributed by atoms with Crippen LogP contribution in [0.2, 0.25) is 5.02 Å². The number of benzene rings is 1. The Balaban J connectivity index is 2.17. The third-order valence-corrected chi connectivity index (χ3v) is 3.39. The van der Waals surface area contributed by atoms with Crippen LogP contribution in [0.25, 0.3) is 0 Å². The second-order valence-electron chi connectivity index (χ2n) is 4.19. The van der Waals surface area contributed by atoms with Crippen LogP contribution in [-0.2, 0) is 9.53 Å². The first-order chi connectivity index (χ1) is 11.0. The number of esters is 1. The summed E-state index contributed by atoms with van der Waals surface area (Å²) >= 11 is 8.87. The molecule has 0 saturated carbocycles. The van der Waals surface area contributed by atoms with Gasteiger partial charge in [-0.1, -0.05) is 23.7 Å². The average Bonchev–Trinajstić information content (AvgIpc) is 2.52. The van der Waals surface area contributed by atoms with Gasteiger partial charge in [0.05, 0.1) is 6.61 Å². The largest absolute Gasteiger partial charge is 0.478 e. The summed E-state index contributed by atoms with van der Waals surface area (Å²) in [5.41, 5.74) is 0. The van der Waals surface area contributed by atoms with Crippen LogP contribution in [0.15, 0.2) is 34.9 Å². The first-order valence-electron chi connectivity index (χ1n) is 6.58. The minimum absolute atomic E-state index is 0.00546. The van der Waals surface area contributed by atoms with Gasteiger partial charge in [-0.25, -0.2) is 14.2 Å². The Morgan fingerprint density at radius 3 is 2.74 bits per heavy atom. The predicted molar refractivity (Wildman–Crippen MR) is 85.5 cm³/mol. The highest BCUT2D eigenvalue weighted by atomic mass is 79.9. The van der Waals surface area contributed by atoms with Gasteiger partial charge in [-0.15, -0.1) is 0 Å². The minimum Gasteiger partial charge on any atom is -0.478 e. The van der Waals surface area contributed by atoms with Crippen LogP contribution in [0.4, 0.5) is 4.39 Å². The topological polar surface area (TPSA) is 57.7 Å². The second-order valence-corrected chi connectivity index (χ2v) is 5.35. The summed E-state index contributed by atoms with van der Waals surface area (Å²) in [6, 6.07) is 7.72. The molecule has 0 unspecified atom stereocenters. The van der Waals surface area contributed by atoms with Gasteiger partial charge >= 0.3 is 5.97 Å². The quantitative estimate of drug-likeness (QED) is 0.528. The van der Waals surface area contributed by atoms with Crippen LogP contribution < -0.4 is 9.47 Å². The number of rotatable bonds is 6. The van der Waals surface area contributed by atoms with Crippen molar-refractivity contribution in [3.63, 3.8) is 0 Å². The lowest BCUT2D eigenvalue weighted by Crippen LogP contribution is -2.14. The van der Waals surface area contributed by atoms with E-state index in [0.29, 0.717) is 5.75 Å². The number of nitrogens with zero attached hydrogens (tertiary/aromatic N) is 1. The molecule has 0 spiro atoms. The van der Waals surface area contributed by atoms with E-state index in [1.165, 1.54) is 0 Å². The fourth-order valence-electron chi connectivity index (χ4n) is 1.60. The van der Waals surface area contributed by atoms with Crippen molar-refractivity contribution in [2.75, 3.05) is 13.2 Å². The summed E-state index contributed by atoms with van der Waals surface area (Å²) in [6.45, 7) is 1.71. The summed E-state index contributed by atoms with van der Waals surface area (Å²) in [5.74, 6) is -0.507. The highest BCUT2D eigenvalue weighted by molar-refractivity contribution is 9.10. The number of hydrogen-bond donors (Lipinski definition) is 0. The van der Waals surface area contributed by atoms with Gasteiger partial charge in [0.1, 0.15) is 9.63 Å². The first-order valence-corrected chi connectivity index (χ1v) is 7.75. The zero-order valence-electron chi connectivity index (χ0n) is 12.0. The number of carbonyl (C=O) groups is 1. The van der Waals surface area contributed by atoms with E-state index in [1.807, 2.05) is 0 Å². The molecule has 0 aliphatic carbocycles. The molecule has 0 atom stereocenters. The van der Waals surface area contributed by atoms with Crippen LogP contribution in [0, 0.1) is 5.82 Å². The molecule has 0 amide bonds. The number of carbonyl (C=O) groups excluding carboxylic acids is 1. The zero-order valence-corrected chi connectivity index (χ0v) is 14.4. The van der Waals surface area contributed by atoms with Crippen LogP contribution in [0.3, 0.4) is 0 Å². The zero-order chi connectivity index (χ0) is 16.8. The summed E-state index contributed by atoms with van der Waals surface area (Å²) in [5, 5.41) is 0.00546. The minimum atomic E-state index is -0.603. The van der Waals surface area contributed by atoms with Crippen molar-refractivity contribution >= 4 is 33.5 Å². The molecule has 0 aliphatic rings. The fourth-order valence-corrected chi connectivity index (χ4v) is 2.05. The first kappa shape index (κ1) is 17.5. The summed E-state index contributed by atoms with van der Waals surface area (Å²) in [4.78, 5) is 15.2. The number of para-hydroxylation sites is 2. The highest BCUT2D eigenvalue weighted by Gasteiger charge is 2.14. The summed E-state index contributed by atoms with van der Waals surface area (Å²) in [7, 11) is 0. The molecule has 23 heavy (non-hydrogen) atoms. The van der Waals surface area contributed by atoms with E-state index >= 15 is 0 Å². The molecule has 0 bridgehead atoms. The van der Waals surface area contributed by atoms with E-state index in [4.69, 9.17) is 25.8 Å². The molecule has 1 aromatic heterocycles. The van der Waals surface area contributed by atoms with Crippen molar-refractivity contribution in [2.24, 2.45) is 0 Å². The Labute approximate surface area is 145 Å². The molecule has 2 aromatic rings. The average molecular weight is 405 g/mol. The summed E-state index contributed by atoms with van der Waals surface area (Å²) < 4.78 is 29.0. The molecule has 0 fully saturated rings. The number of ether oxygens (including phenoxy) is 3. The molecule has 0 radical (unpaired) electrons. The molecule has 122 valence electrons. The Hall–Kier alpha value is -1.86. The van der Waals surface area contributed by atoms with Gasteiger partial charge < -0.3 is 14.2 Å². The maximum absolute atomic E-state index is 13.3. The Bertz CT molecular complexity index is 714. The third-order valence-electron chi connectivity index (χ3n) is 2.56. The molecule has 0 N–H and O–H groups in total. The molecule has 1 heterocycles. The van der Waals surface area contributed by atoms with Crippen LogP contribution in [0.5, 0.6) is 17.4 Å². The molecule has 0 aliphatic heterocycles. The fraction of sp³-hybridized carbons (Fsp3) is 0.200. The van der Waals surface area contributed by atoms with Crippen molar-refractivity contribution < 1.29 is 23.4 Å². The van der Waals surface area contributed by atoms with Crippen molar-refractivity contribution in [1.29, 1.82) is 0 Å².